The van der Waals surface area contributed by atoms with Crippen LogP contribution in [0.4, 0.5) is 13.2 Å². The van der Waals surface area contributed by atoms with Crippen molar-refractivity contribution in [1.29, 1.82) is 5.26 Å². The van der Waals surface area contributed by atoms with Gasteiger partial charge in [-0.3, -0.25) is 0 Å². The number of nitriles is 1. The Hall–Kier alpha value is -3.67. The van der Waals surface area contributed by atoms with Gasteiger partial charge < -0.3 is 9.47 Å². The van der Waals surface area contributed by atoms with E-state index in [1.165, 1.54) is 0 Å². The molecule has 0 saturated heterocycles. The topological polar surface area (TPSA) is 80.9 Å². The molecule has 2 aromatic heterocycles. The maximum atomic E-state index is 12.5. The first-order valence-electron chi connectivity index (χ1n) is 8.01. The number of alkyl halides is 3. The molecule has 9 heteroatoms. The summed E-state index contributed by atoms with van der Waals surface area (Å²) >= 11 is 0. The van der Waals surface area contributed by atoms with Gasteiger partial charge in [0, 0.05) is 12.3 Å². The van der Waals surface area contributed by atoms with Gasteiger partial charge in [-0.05, 0) is 49.7 Å². The fourth-order valence-electron chi connectivity index (χ4n) is 2.21. The Balaban J connectivity index is 1.72. The van der Waals surface area contributed by atoms with E-state index in [2.05, 4.69) is 15.2 Å². The van der Waals surface area contributed by atoms with Crippen LogP contribution in [0.2, 0.25) is 0 Å². The smallest absolute Gasteiger partial charge is 0.417 e. The Morgan fingerprint density at radius 1 is 0.929 bits per heavy atom. The molecule has 0 amide bonds. The molecule has 0 spiro atoms. The lowest BCUT2D eigenvalue weighted by Crippen LogP contribution is -2.05. The first kappa shape index (κ1) is 19.1. The van der Waals surface area contributed by atoms with Crippen molar-refractivity contribution in [3.8, 4) is 29.3 Å². The summed E-state index contributed by atoms with van der Waals surface area (Å²) in [6, 6.07) is 10.3. The summed E-state index contributed by atoms with van der Waals surface area (Å²) in [7, 11) is 0. The van der Waals surface area contributed by atoms with Crippen molar-refractivity contribution in [3.05, 3.63) is 65.0 Å². The second-order valence-electron chi connectivity index (χ2n) is 5.76. The summed E-state index contributed by atoms with van der Waals surface area (Å²) < 4.78 is 48.7. The van der Waals surface area contributed by atoms with Gasteiger partial charge in [-0.25, -0.2) is 4.98 Å². The van der Waals surface area contributed by atoms with E-state index in [4.69, 9.17) is 9.47 Å². The van der Waals surface area contributed by atoms with Crippen molar-refractivity contribution in [2.75, 3.05) is 0 Å². The highest BCUT2D eigenvalue weighted by atomic mass is 19.4. The summed E-state index contributed by atoms with van der Waals surface area (Å²) in [6.07, 6.45) is -3.75. The highest BCUT2D eigenvalue weighted by molar-refractivity contribution is 5.47. The van der Waals surface area contributed by atoms with Crippen molar-refractivity contribution < 1.29 is 22.6 Å². The predicted molar refractivity (Wildman–Crippen MR) is 92.1 cm³/mol. The van der Waals surface area contributed by atoms with Gasteiger partial charge in [0.2, 0.25) is 5.88 Å². The number of nitrogens with zero attached hydrogens (tertiary/aromatic N) is 4. The first-order valence-corrected chi connectivity index (χ1v) is 8.01. The zero-order valence-corrected chi connectivity index (χ0v) is 14.8. The van der Waals surface area contributed by atoms with Gasteiger partial charge in [0.15, 0.2) is 0 Å². The molecule has 6 nitrogen and oxygen atoms in total. The van der Waals surface area contributed by atoms with Gasteiger partial charge in [-0.1, -0.05) is 0 Å². The van der Waals surface area contributed by atoms with Gasteiger partial charge in [-0.15, -0.1) is 5.10 Å². The van der Waals surface area contributed by atoms with Crippen LogP contribution in [-0.4, -0.2) is 15.2 Å². The fourth-order valence-corrected chi connectivity index (χ4v) is 2.21. The van der Waals surface area contributed by atoms with Crippen LogP contribution in [0.25, 0.3) is 0 Å². The van der Waals surface area contributed by atoms with Crippen molar-refractivity contribution in [3.63, 3.8) is 0 Å². The second kappa shape index (κ2) is 7.52. The minimum Gasteiger partial charge on any atom is -0.439 e. The van der Waals surface area contributed by atoms with Crippen LogP contribution in [0.5, 0.6) is 23.3 Å². The molecule has 0 aliphatic rings. The molecule has 3 rings (SSSR count). The summed E-state index contributed by atoms with van der Waals surface area (Å²) in [4.78, 5) is 3.64. The quantitative estimate of drug-likeness (QED) is 0.630. The van der Waals surface area contributed by atoms with E-state index < -0.39 is 11.7 Å². The Morgan fingerprint density at radius 3 is 2.11 bits per heavy atom. The third-order valence-electron chi connectivity index (χ3n) is 3.86. The molecule has 0 N–H and O–H groups in total. The Kier molecular flexibility index (Phi) is 5.13. The van der Waals surface area contributed by atoms with E-state index in [-0.39, 0.29) is 11.8 Å². The third-order valence-corrected chi connectivity index (χ3v) is 3.86. The molecule has 0 fully saturated rings. The predicted octanol–water partition coefficient (Wildman–Crippen LogP) is 4.96. The third kappa shape index (κ3) is 4.17. The molecule has 0 aliphatic carbocycles. The number of halogens is 3. The van der Waals surface area contributed by atoms with Gasteiger partial charge in [0.05, 0.1) is 11.3 Å². The minimum absolute atomic E-state index is 0.0217. The molecule has 0 aliphatic heterocycles. The number of hydrogen-bond donors (Lipinski definition) is 0. The van der Waals surface area contributed by atoms with Gasteiger partial charge in [0.25, 0.3) is 5.88 Å². The van der Waals surface area contributed by atoms with E-state index in [9.17, 15) is 18.4 Å². The zero-order valence-electron chi connectivity index (χ0n) is 14.8. The zero-order chi connectivity index (χ0) is 20.3. The summed E-state index contributed by atoms with van der Waals surface area (Å²) in [5, 5.41) is 17.1. The average Bonchev–Trinajstić information content (AvgIpc) is 2.66. The molecule has 0 unspecified atom stereocenters. The lowest BCUT2D eigenvalue weighted by Gasteiger charge is -2.10. The molecule has 0 saturated carbocycles. The summed E-state index contributed by atoms with van der Waals surface area (Å²) in [6.45, 7) is 3.50. The van der Waals surface area contributed by atoms with Crippen molar-refractivity contribution in [2.24, 2.45) is 0 Å². The number of hydrogen-bond acceptors (Lipinski definition) is 6. The number of pyridine rings is 1. The van der Waals surface area contributed by atoms with E-state index >= 15 is 0 Å². The number of rotatable bonds is 4. The highest BCUT2D eigenvalue weighted by Crippen LogP contribution is 2.31. The molecule has 2 heterocycles. The molecule has 142 valence electrons. The van der Waals surface area contributed by atoms with E-state index in [1.807, 2.05) is 6.07 Å². The molecule has 3 aromatic rings. The van der Waals surface area contributed by atoms with Crippen LogP contribution in [0, 0.1) is 25.2 Å². The molecular weight excluding hydrogens is 373 g/mol. The summed E-state index contributed by atoms with van der Waals surface area (Å²) in [5.41, 5.74) is 0.755. The lowest BCUT2D eigenvalue weighted by atomic mass is 10.1. The molecule has 0 atom stereocenters. The van der Waals surface area contributed by atoms with E-state index in [1.54, 1.807) is 38.1 Å². The molecule has 0 radical (unpaired) electrons. The van der Waals surface area contributed by atoms with Crippen LogP contribution in [0.3, 0.4) is 0 Å². The van der Waals surface area contributed by atoms with E-state index in [0.717, 1.165) is 12.1 Å². The maximum Gasteiger partial charge on any atom is 0.417 e. The first-order chi connectivity index (χ1) is 13.3. The van der Waals surface area contributed by atoms with Crippen LogP contribution in [0.15, 0.2) is 42.6 Å². The van der Waals surface area contributed by atoms with Crippen molar-refractivity contribution in [2.45, 2.75) is 20.0 Å². The lowest BCUT2D eigenvalue weighted by molar-refractivity contribution is -0.137. The summed E-state index contributed by atoms with van der Waals surface area (Å²) in [5.74, 6) is 0.852. The molecular formula is C19H13F3N4O2. The monoisotopic (exact) mass is 386 g/mol. The van der Waals surface area contributed by atoms with Gasteiger partial charge >= 0.3 is 6.18 Å². The SMILES string of the molecule is Cc1nnc(Oc2ccc(Oc3ccc(C(F)(F)F)cn3)cc2)c(C#N)c1C. The van der Waals surface area contributed by atoms with Crippen LogP contribution >= 0.6 is 0 Å². The molecule has 28 heavy (non-hydrogen) atoms. The van der Waals surface area contributed by atoms with Crippen LogP contribution < -0.4 is 9.47 Å². The van der Waals surface area contributed by atoms with Crippen LogP contribution in [0.1, 0.15) is 22.4 Å². The van der Waals surface area contributed by atoms with Crippen LogP contribution in [-0.2, 0) is 6.18 Å². The molecule has 1 aromatic carbocycles. The average molecular weight is 386 g/mol. The highest BCUT2D eigenvalue weighted by Gasteiger charge is 2.30. The Bertz CT molecular complexity index is 1030. The normalized spacial score (nSPS) is 11.0. The second-order valence-corrected chi connectivity index (χ2v) is 5.76. The number of aromatic nitrogens is 3. The standard InChI is InChI=1S/C19H13F3N4O2/c1-11-12(2)25-26-18(16(11)9-23)28-15-6-4-14(5-7-15)27-17-8-3-13(10-24-17)19(20,21)22/h3-8,10H,1-2H3. The number of aryl methyl sites for hydroxylation is 1. The van der Waals surface area contributed by atoms with Crippen molar-refractivity contribution in [1.82, 2.24) is 15.2 Å². The number of ether oxygens (including phenoxy) is 2. The molecule has 0 bridgehead atoms. The Morgan fingerprint density at radius 2 is 1.57 bits per heavy atom. The minimum atomic E-state index is -4.45. The largest absolute Gasteiger partial charge is 0.439 e. The number of benzene rings is 1. The van der Waals surface area contributed by atoms with Gasteiger partial charge in [0.1, 0.15) is 23.1 Å². The maximum absolute atomic E-state index is 12.5. The van der Waals surface area contributed by atoms with E-state index in [0.29, 0.717) is 34.5 Å². The van der Waals surface area contributed by atoms with Gasteiger partial charge in [-0.2, -0.15) is 23.5 Å². The van der Waals surface area contributed by atoms with Crippen molar-refractivity contribution >= 4 is 0 Å². The Labute approximate surface area is 158 Å². The fraction of sp³-hybridized carbons (Fsp3) is 0.158.